The molecule has 0 bridgehead atoms. The minimum Gasteiger partial charge on any atom is -0.443 e. The predicted octanol–water partition coefficient (Wildman–Crippen LogP) is 3.59. The maximum absolute atomic E-state index is 12.2. The van der Waals surface area contributed by atoms with Gasteiger partial charge in [0.25, 0.3) is 0 Å². The zero-order valence-electron chi connectivity index (χ0n) is 11.4. The van der Waals surface area contributed by atoms with Crippen LogP contribution in [0.3, 0.4) is 0 Å². The smallest absolute Gasteiger partial charge is 0.414 e. The number of ether oxygens (including phenoxy) is 1. The number of hydrogen-bond donors (Lipinski definition) is 1. The molecule has 1 aliphatic heterocycles. The van der Waals surface area contributed by atoms with Crippen LogP contribution in [0.15, 0.2) is 22.7 Å². The fourth-order valence-electron chi connectivity index (χ4n) is 2.12. The molecule has 104 valence electrons. The van der Waals surface area contributed by atoms with Gasteiger partial charge in [-0.2, -0.15) is 0 Å². The maximum Gasteiger partial charge on any atom is 0.414 e. The first-order valence-corrected chi connectivity index (χ1v) is 7.13. The van der Waals surface area contributed by atoms with Gasteiger partial charge in [-0.1, -0.05) is 15.9 Å². The van der Waals surface area contributed by atoms with Crippen molar-refractivity contribution in [1.82, 2.24) is 0 Å². The highest BCUT2D eigenvalue weighted by molar-refractivity contribution is 9.10. The minimum absolute atomic E-state index is 0.0359. The van der Waals surface area contributed by atoms with Crippen molar-refractivity contribution in [2.75, 3.05) is 11.4 Å². The molecule has 2 rings (SSSR count). The first kappa shape index (κ1) is 14.3. The molecule has 0 spiro atoms. The van der Waals surface area contributed by atoms with Crippen molar-refractivity contribution in [1.29, 1.82) is 0 Å². The number of nitrogens with two attached hydrogens (primary N) is 1. The second kappa shape index (κ2) is 5.13. The Morgan fingerprint density at radius 2 is 2.16 bits per heavy atom. The lowest BCUT2D eigenvalue weighted by Crippen LogP contribution is -2.41. The van der Waals surface area contributed by atoms with E-state index in [0.717, 1.165) is 22.1 Å². The second-order valence-electron chi connectivity index (χ2n) is 5.73. The van der Waals surface area contributed by atoms with Gasteiger partial charge in [-0.15, -0.1) is 0 Å². The average Bonchev–Trinajstić information content (AvgIpc) is 2.27. The Hall–Kier alpha value is -1.07. The fourth-order valence-corrected chi connectivity index (χ4v) is 2.50. The second-order valence-corrected chi connectivity index (χ2v) is 6.65. The SMILES string of the molecule is CC(C)(C)OC(=O)N1CCC(N)c2cc(Br)ccc21. The van der Waals surface area contributed by atoms with Crippen molar-refractivity contribution < 1.29 is 9.53 Å². The molecule has 0 saturated carbocycles. The summed E-state index contributed by atoms with van der Waals surface area (Å²) in [6, 6.07) is 5.75. The van der Waals surface area contributed by atoms with Crippen LogP contribution in [0.1, 0.15) is 38.8 Å². The summed E-state index contributed by atoms with van der Waals surface area (Å²) in [4.78, 5) is 13.9. The minimum atomic E-state index is -0.494. The highest BCUT2D eigenvalue weighted by Gasteiger charge is 2.30. The number of fused-ring (bicyclic) bond motifs is 1. The Morgan fingerprint density at radius 1 is 1.47 bits per heavy atom. The van der Waals surface area contributed by atoms with Gasteiger partial charge in [0.15, 0.2) is 0 Å². The molecule has 1 aromatic carbocycles. The Labute approximate surface area is 122 Å². The number of carbonyl (C=O) groups excluding carboxylic acids is 1. The van der Waals surface area contributed by atoms with Crippen molar-refractivity contribution in [2.24, 2.45) is 5.73 Å². The zero-order chi connectivity index (χ0) is 14.2. The summed E-state index contributed by atoms with van der Waals surface area (Å²) in [5.41, 5.74) is 7.43. The van der Waals surface area contributed by atoms with Crippen LogP contribution in [0.4, 0.5) is 10.5 Å². The predicted molar refractivity (Wildman–Crippen MR) is 79.3 cm³/mol. The summed E-state index contributed by atoms with van der Waals surface area (Å²) in [5.74, 6) is 0. The van der Waals surface area contributed by atoms with E-state index in [4.69, 9.17) is 10.5 Å². The monoisotopic (exact) mass is 326 g/mol. The zero-order valence-corrected chi connectivity index (χ0v) is 13.0. The van der Waals surface area contributed by atoms with E-state index in [1.54, 1.807) is 4.90 Å². The van der Waals surface area contributed by atoms with Crippen molar-refractivity contribution in [3.63, 3.8) is 0 Å². The summed E-state index contributed by atoms with van der Waals surface area (Å²) in [7, 11) is 0. The standard InChI is InChI=1S/C14H19BrN2O2/c1-14(2,3)19-13(18)17-7-6-11(16)10-8-9(15)4-5-12(10)17/h4-5,8,11H,6-7,16H2,1-3H3. The normalized spacial score (nSPS) is 19.0. The van der Waals surface area contributed by atoms with Gasteiger partial charge >= 0.3 is 6.09 Å². The van der Waals surface area contributed by atoms with Crippen LogP contribution in [-0.4, -0.2) is 18.2 Å². The van der Waals surface area contributed by atoms with Gasteiger partial charge in [-0.25, -0.2) is 4.79 Å². The number of rotatable bonds is 0. The van der Waals surface area contributed by atoms with Crippen LogP contribution in [0.2, 0.25) is 0 Å². The molecule has 1 unspecified atom stereocenters. The van der Waals surface area contributed by atoms with Crippen molar-refractivity contribution in [3.8, 4) is 0 Å². The first-order chi connectivity index (χ1) is 8.78. The van der Waals surface area contributed by atoms with Crippen molar-refractivity contribution in [3.05, 3.63) is 28.2 Å². The van der Waals surface area contributed by atoms with Crippen LogP contribution in [0.25, 0.3) is 0 Å². The molecule has 0 saturated heterocycles. The van der Waals surface area contributed by atoms with E-state index in [0.29, 0.717) is 6.54 Å². The summed E-state index contributed by atoms with van der Waals surface area (Å²) < 4.78 is 6.40. The van der Waals surface area contributed by atoms with Crippen LogP contribution in [-0.2, 0) is 4.74 Å². The van der Waals surface area contributed by atoms with Crippen LogP contribution >= 0.6 is 15.9 Å². The highest BCUT2D eigenvalue weighted by atomic mass is 79.9. The van der Waals surface area contributed by atoms with Crippen LogP contribution < -0.4 is 10.6 Å². The van der Waals surface area contributed by atoms with E-state index in [9.17, 15) is 4.79 Å². The van der Waals surface area contributed by atoms with E-state index in [2.05, 4.69) is 15.9 Å². The lowest BCUT2D eigenvalue weighted by Gasteiger charge is -2.34. The van der Waals surface area contributed by atoms with Gasteiger partial charge in [-0.05, 0) is 51.0 Å². The molecule has 1 aromatic rings. The van der Waals surface area contributed by atoms with Gasteiger partial charge in [0.05, 0.1) is 5.69 Å². The Morgan fingerprint density at radius 3 is 2.79 bits per heavy atom. The Balaban J connectivity index is 2.31. The Bertz CT molecular complexity index is 497. The van der Waals surface area contributed by atoms with Gasteiger partial charge < -0.3 is 10.5 Å². The third-order valence-corrected chi connectivity index (χ3v) is 3.45. The van der Waals surface area contributed by atoms with E-state index in [1.807, 2.05) is 39.0 Å². The van der Waals surface area contributed by atoms with Gasteiger partial charge in [0.1, 0.15) is 5.60 Å². The van der Waals surface area contributed by atoms with Gasteiger partial charge in [-0.3, -0.25) is 4.90 Å². The molecular weight excluding hydrogens is 308 g/mol. The van der Waals surface area contributed by atoms with Gasteiger partial charge in [0.2, 0.25) is 0 Å². The number of benzene rings is 1. The molecule has 0 radical (unpaired) electrons. The van der Waals surface area contributed by atoms with E-state index in [1.165, 1.54) is 0 Å². The molecule has 1 atom stereocenters. The molecule has 19 heavy (non-hydrogen) atoms. The summed E-state index contributed by atoms with van der Waals surface area (Å²) >= 11 is 3.43. The third kappa shape index (κ3) is 3.28. The number of nitrogens with zero attached hydrogens (tertiary/aromatic N) is 1. The molecule has 0 aromatic heterocycles. The fraction of sp³-hybridized carbons (Fsp3) is 0.500. The molecular formula is C14H19BrN2O2. The number of halogens is 1. The molecule has 1 amide bonds. The Kier molecular flexibility index (Phi) is 3.87. The molecule has 5 heteroatoms. The summed E-state index contributed by atoms with van der Waals surface area (Å²) in [5, 5.41) is 0. The molecule has 1 heterocycles. The number of amides is 1. The largest absolute Gasteiger partial charge is 0.443 e. The molecule has 0 fully saturated rings. The van der Waals surface area contributed by atoms with Crippen LogP contribution in [0.5, 0.6) is 0 Å². The summed E-state index contributed by atoms with van der Waals surface area (Å²) in [6.07, 6.45) is 0.422. The number of hydrogen-bond acceptors (Lipinski definition) is 3. The van der Waals surface area contributed by atoms with Crippen molar-refractivity contribution in [2.45, 2.75) is 38.8 Å². The van der Waals surface area contributed by atoms with Crippen LogP contribution in [0, 0.1) is 0 Å². The molecule has 2 N–H and O–H groups in total. The number of carbonyl (C=O) groups is 1. The topological polar surface area (TPSA) is 55.6 Å². The number of anilines is 1. The third-order valence-electron chi connectivity index (χ3n) is 2.96. The average molecular weight is 327 g/mol. The maximum atomic E-state index is 12.2. The molecule has 1 aliphatic rings. The van der Waals surface area contributed by atoms with E-state index >= 15 is 0 Å². The quantitative estimate of drug-likeness (QED) is 0.792. The highest BCUT2D eigenvalue weighted by Crippen LogP contribution is 2.35. The van der Waals surface area contributed by atoms with Crippen molar-refractivity contribution >= 4 is 27.7 Å². The van der Waals surface area contributed by atoms with E-state index < -0.39 is 5.60 Å². The molecule has 4 nitrogen and oxygen atoms in total. The van der Waals surface area contributed by atoms with Gasteiger partial charge in [0, 0.05) is 17.1 Å². The lowest BCUT2D eigenvalue weighted by molar-refractivity contribution is 0.0576. The van der Waals surface area contributed by atoms with E-state index in [-0.39, 0.29) is 12.1 Å². The lowest BCUT2D eigenvalue weighted by atomic mass is 9.97. The first-order valence-electron chi connectivity index (χ1n) is 6.33. The summed E-state index contributed by atoms with van der Waals surface area (Å²) in [6.45, 7) is 6.18. The molecule has 0 aliphatic carbocycles.